The van der Waals surface area contributed by atoms with Gasteiger partial charge in [-0.15, -0.1) is 0 Å². The highest BCUT2D eigenvalue weighted by atomic mass is 14.2. The van der Waals surface area contributed by atoms with E-state index in [-0.39, 0.29) is 0 Å². The number of fused-ring (bicyclic) bond motifs is 17. The van der Waals surface area contributed by atoms with E-state index in [9.17, 15) is 0 Å². The van der Waals surface area contributed by atoms with Crippen LogP contribution in [0.1, 0.15) is 0 Å². The molecule has 9 aromatic rings. The van der Waals surface area contributed by atoms with Crippen LogP contribution in [0.4, 0.5) is 0 Å². The van der Waals surface area contributed by atoms with Gasteiger partial charge in [0.2, 0.25) is 0 Å². The maximum Gasteiger partial charge on any atom is -0.000741 e. The summed E-state index contributed by atoms with van der Waals surface area (Å²) in [4.78, 5) is 0. The van der Waals surface area contributed by atoms with Crippen molar-refractivity contribution in [1.82, 2.24) is 0 Å². The number of benzene rings is 9. The minimum atomic E-state index is 1.28. The van der Waals surface area contributed by atoms with E-state index in [4.69, 9.17) is 0 Å². The van der Waals surface area contributed by atoms with Crippen molar-refractivity contribution in [2.45, 2.75) is 0 Å². The lowest BCUT2D eigenvalue weighted by molar-refractivity contribution is 1.78. The van der Waals surface area contributed by atoms with E-state index in [1.54, 1.807) is 0 Å². The van der Waals surface area contributed by atoms with Crippen molar-refractivity contribution in [3.63, 3.8) is 0 Å². The van der Waals surface area contributed by atoms with Gasteiger partial charge in [-0.3, -0.25) is 0 Å². The zero-order chi connectivity index (χ0) is 24.8. The van der Waals surface area contributed by atoms with Crippen molar-refractivity contribution >= 4 is 86.2 Å². The fourth-order valence-corrected chi connectivity index (χ4v) is 7.02. The fraction of sp³-hybridized carbons (Fsp3) is 0. The zero-order valence-corrected chi connectivity index (χ0v) is 20.7. The molecule has 0 unspecified atom stereocenters. The van der Waals surface area contributed by atoms with Gasteiger partial charge >= 0.3 is 0 Å². The Bertz CT molecular complexity index is 2270. The molecule has 9 rings (SSSR count). The van der Waals surface area contributed by atoms with Crippen LogP contribution in [0, 0.1) is 0 Å². The highest BCUT2D eigenvalue weighted by Gasteiger charge is 2.20. The predicted octanol–water partition coefficient (Wildman–Crippen LogP) is 10.9. The summed E-state index contributed by atoms with van der Waals surface area (Å²) in [6.45, 7) is 0. The van der Waals surface area contributed by atoms with Gasteiger partial charge < -0.3 is 0 Å². The van der Waals surface area contributed by atoms with Crippen LogP contribution < -0.4 is 0 Å². The summed E-state index contributed by atoms with van der Waals surface area (Å²) in [6, 6.07) is 49.5. The van der Waals surface area contributed by atoms with Crippen LogP contribution in [-0.2, 0) is 0 Å². The average molecular weight is 479 g/mol. The minimum absolute atomic E-state index is 1.28. The molecule has 9 aromatic carbocycles. The first-order valence-electron chi connectivity index (χ1n) is 13.3. The highest BCUT2D eigenvalue weighted by Crippen LogP contribution is 2.49. The summed E-state index contributed by atoms with van der Waals surface area (Å²) in [7, 11) is 0. The molecular weight excluding hydrogens is 456 g/mol. The lowest BCUT2D eigenvalue weighted by Gasteiger charge is -2.20. The van der Waals surface area contributed by atoms with Crippen LogP contribution >= 0.6 is 0 Å². The predicted molar refractivity (Wildman–Crippen MR) is 166 cm³/mol. The van der Waals surface area contributed by atoms with Gasteiger partial charge in [-0.05, 0) is 98.3 Å². The molecule has 0 aliphatic carbocycles. The normalized spacial score (nSPS) is 12.2. The molecule has 0 spiro atoms. The Morgan fingerprint density at radius 1 is 0.211 bits per heavy atom. The van der Waals surface area contributed by atoms with Crippen molar-refractivity contribution in [2.24, 2.45) is 0 Å². The van der Waals surface area contributed by atoms with Gasteiger partial charge in [-0.2, -0.15) is 0 Å². The molecule has 0 atom stereocenters. The molecule has 0 heterocycles. The van der Waals surface area contributed by atoms with Crippen molar-refractivity contribution < 1.29 is 0 Å². The molecule has 0 radical (unpaired) electrons. The topological polar surface area (TPSA) is 0 Å². The van der Waals surface area contributed by atoms with Gasteiger partial charge in [-0.1, -0.05) is 121 Å². The molecule has 0 bridgehead atoms. The van der Waals surface area contributed by atoms with E-state index >= 15 is 0 Å². The van der Waals surface area contributed by atoms with E-state index in [0.29, 0.717) is 0 Å². The molecule has 0 aliphatic heterocycles. The fourth-order valence-electron chi connectivity index (χ4n) is 7.02. The van der Waals surface area contributed by atoms with Crippen molar-refractivity contribution in [1.29, 1.82) is 0 Å². The summed E-state index contributed by atoms with van der Waals surface area (Å²) in [5.41, 5.74) is 0. The molecular formula is C38H22. The van der Waals surface area contributed by atoms with Crippen LogP contribution in [-0.4, -0.2) is 0 Å². The molecule has 0 saturated heterocycles. The second kappa shape index (κ2) is 7.31. The quantitative estimate of drug-likeness (QED) is 0.150. The van der Waals surface area contributed by atoms with Crippen LogP contribution in [0.25, 0.3) is 86.2 Å². The minimum Gasteiger partial charge on any atom is -0.0616 e. The summed E-state index contributed by atoms with van der Waals surface area (Å²) in [6.07, 6.45) is 0. The standard InChI is InChI=1S/C38H22/c1-2-12-24-22-34-33(21-23(24)11-1)35-29-17-7-3-13-25(29)27-15-5-9-19-31(27)37(35)38-32-20-10-6-16-28(32)26-14-4-8-18-30(26)36(34)38/h1-22H. The van der Waals surface area contributed by atoms with Crippen LogP contribution in [0.15, 0.2) is 133 Å². The number of hydrogen-bond acceptors (Lipinski definition) is 0. The zero-order valence-electron chi connectivity index (χ0n) is 20.7. The Kier molecular flexibility index (Phi) is 3.88. The third kappa shape index (κ3) is 2.50. The molecule has 0 amide bonds. The van der Waals surface area contributed by atoms with Crippen molar-refractivity contribution in [3.05, 3.63) is 133 Å². The Morgan fingerprint density at radius 3 is 0.816 bits per heavy atom. The second-order valence-corrected chi connectivity index (χ2v) is 10.4. The Balaban J connectivity index is 1.79. The maximum absolute atomic E-state index is 2.43. The SMILES string of the molecule is c1ccc2cc3c(cc2c1)c1c2ccccc2c2ccccc2c1c1c2ccccc2c2ccccc2c31. The van der Waals surface area contributed by atoms with Crippen LogP contribution in [0.2, 0.25) is 0 Å². The monoisotopic (exact) mass is 478 g/mol. The van der Waals surface area contributed by atoms with Gasteiger partial charge in [0, 0.05) is 0 Å². The largest absolute Gasteiger partial charge is 0.0616 e. The van der Waals surface area contributed by atoms with Gasteiger partial charge in [0.15, 0.2) is 0 Å². The van der Waals surface area contributed by atoms with Gasteiger partial charge in [-0.25, -0.2) is 0 Å². The molecule has 174 valence electrons. The molecule has 0 aromatic heterocycles. The van der Waals surface area contributed by atoms with Gasteiger partial charge in [0.25, 0.3) is 0 Å². The van der Waals surface area contributed by atoms with Crippen LogP contribution in [0.3, 0.4) is 0 Å². The second-order valence-electron chi connectivity index (χ2n) is 10.4. The molecule has 0 saturated carbocycles. The van der Waals surface area contributed by atoms with E-state index < -0.39 is 0 Å². The van der Waals surface area contributed by atoms with Gasteiger partial charge in [0.05, 0.1) is 0 Å². The van der Waals surface area contributed by atoms with Crippen molar-refractivity contribution in [2.75, 3.05) is 0 Å². The Morgan fingerprint density at radius 2 is 0.474 bits per heavy atom. The van der Waals surface area contributed by atoms with E-state index in [2.05, 4.69) is 133 Å². The summed E-state index contributed by atoms with van der Waals surface area (Å²) >= 11 is 0. The number of hydrogen-bond donors (Lipinski definition) is 0. The maximum atomic E-state index is 2.43. The average Bonchev–Trinajstić information content (AvgIpc) is 2.99. The first-order valence-corrected chi connectivity index (χ1v) is 13.3. The molecule has 0 aliphatic rings. The summed E-state index contributed by atoms with van der Waals surface area (Å²) in [5, 5.41) is 21.2. The van der Waals surface area contributed by atoms with Crippen LogP contribution in [0.5, 0.6) is 0 Å². The highest BCUT2D eigenvalue weighted by molar-refractivity contribution is 6.46. The lowest BCUT2D eigenvalue weighted by atomic mass is 9.83. The third-order valence-corrected chi connectivity index (χ3v) is 8.54. The molecule has 0 heteroatoms. The Labute approximate surface area is 219 Å². The lowest BCUT2D eigenvalue weighted by Crippen LogP contribution is -1.91. The smallest absolute Gasteiger partial charge is 0.000741 e. The van der Waals surface area contributed by atoms with Crippen molar-refractivity contribution in [3.8, 4) is 0 Å². The third-order valence-electron chi connectivity index (χ3n) is 8.54. The first kappa shape index (κ1) is 20.2. The van der Waals surface area contributed by atoms with E-state index in [1.807, 2.05) is 0 Å². The molecule has 0 N–H and O–H groups in total. The summed E-state index contributed by atoms with van der Waals surface area (Å²) in [5.74, 6) is 0. The van der Waals surface area contributed by atoms with Gasteiger partial charge in [0.1, 0.15) is 0 Å². The summed E-state index contributed by atoms with van der Waals surface area (Å²) < 4.78 is 0. The molecule has 38 heavy (non-hydrogen) atoms. The Hall–Kier alpha value is -4.94. The number of rotatable bonds is 0. The molecule has 0 nitrogen and oxygen atoms in total. The van der Waals surface area contributed by atoms with E-state index in [1.165, 1.54) is 86.2 Å². The van der Waals surface area contributed by atoms with E-state index in [0.717, 1.165) is 0 Å². The first-order chi connectivity index (χ1) is 18.9. The molecule has 0 fully saturated rings.